The van der Waals surface area contributed by atoms with Gasteiger partial charge in [0.25, 0.3) is 0 Å². The van der Waals surface area contributed by atoms with E-state index in [9.17, 15) is 0 Å². The number of nitrogens with one attached hydrogen (secondary N) is 1. The van der Waals surface area contributed by atoms with Crippen molar-refractivity contribution in [3.05, 3.63) is 24.0 Å². The predicted molar refractivity (Wildman–Crippen MR) is 32.2 cm³/mol. The highest BCUT2D eigenvalue weighted by molar-refractivity contribution is 5.94. The topological polar surface area (TPSA) is 44.1 Å². The minimum absolute atomic E-state index is 0.265. The molecule has 0 spiro atoms. The van der Waals surface area contributed by atoms with Gasteiger partial charge in [0.2, 0.25) is 0 Å². The van der Waals surface area contributed by atoms with Crippen LogP contribution in [0.3, 0.4) is 0 Å². The molecule has 0 saturated carbocycles. The second-order valence-electron chi connectivity index (χ2n) is 1.69. The van der Waals surface area contributed by atoms with Crippen LogP contribution < -0.4 is 0 Å². The molecular weight excluding hydrogens is 102 g/mol. The third-order valence-electron chi connectivity index (χ3n) is 0.986. The molecule has 0 radical (unpaired) electrons. The van der Waals surface area contributed by atoms with Crippen LogP contribution in [0.25, 0.3) is 0 Å². The molecule has 1 rings (SSSR count). The quantitative estimate of drug-likeness (QED) is 0.485. The first-order valence-electron chi connectivity index (χ1n) is 2.43. The van der Waals surface area contributed by atoms with Crippen molar-refractivity contribution in [1.82, 2.24) is 0 Å². The summed E-state index contributed by atoms with van der Waals surface area (Å²) in [5.41, 5.74) is 0.544. The number of hydrogen-bond donors (Lipinski definition) is 2. The van der Waals surface area contributed by atoms with E-state index in [4.69, 9.17) is 10.5 Å². The van der Waals surface area contributed by atoms with Crippen LogP contribution in [0.4, 0.5) is 0 Å². The monoisotopic (exact) mass is 109 g/mol. The van der Waals surface area contributed by atoms with Crippen molar-refractivity contribution < 1.29 is 5.11 Å². The fraction of sp³-hybridized carbons (Fsp3) is 0.167. The molecule has 1 aliphatic carbocycles. The fourth-order valence-corrected chi connectivity index (χ4v) is 0.537. The summed E-state index contributed by atoms with van der Waals surface area (Å²) in [5.74, 6) is 0.265. The molecule has 1 aliphatic rings. The Morgan fingerprint density at radius 3 is 2.62 bits per heavy atom. The molecule has 42 valence electrons. The lowest BCUT2D eigenvalue weighted by Crippen LogP contribution is -1.93. The Labute approximate surface area is 47.7 Å². The summed E-state index contributed by atoms with van der Waals surface area (Å²) in [6.45, 7) is 0. The maximum Gasteiger partial charge on any atom is 0.112 e. The van der Waals surface area contributed by atoms with E-state index < -0.39 is 0 Å². The molecule has 0 amide bonds. The van der Waals surface area contributed by atoms with Gasteiger partial charge in [-0.25, -0.2) is 0 Å². The van der Waals surface area contributed by atoms with Crippen molar-refractivity contribution in [1.29, 1.82) is 5.41 Å². The minimum Gasteiger partial charge on any atom is -0.508 e. The molecule has 2 nitrogen and oxygen atoms in total. The summed E-state index contributed by atoms with van der Waals surface area (Å²) >= 11 is 0. The molecule has 0 fully saturated rings. The SMILES string of the molecule is N=C1C=CC(O)=CC1. The molecule has 0 heterocycles. The first-order chi connectivity index (χ1) is 3.79. The molecule has 0 aromatic carbocycles. The highest BCUT2D eigenvalue weighted by Crippen LogP contribution is 2.02. The van der Waals surface area contributed by atoms with E-state index in [0.29, 0.717) is 12.1 Å². The molecular formula is C6H7NO. The van der Waals surface area contributed by atoms with Gasteiger partial charge in [-0.15, -0.1) is 0 Å². The Balaban J connectivity index is 2.71. The third kappa shape index (κ3) is 0.964. The van der Waals surface area contributed by atoms with E-state index in [1.165, 1.54) is 6.08 Å². The Morgan fingerprint density at radius 1 is 1.50 bits per heavy atom. The van der Waals surface area contributed by atoms with Crippen LogP contribution in [0.15, 0.2) is 24.0 Å². The molecule has 0 bridgehead atoms. The highest BCUT2D eigenvalue weighted by atomic mass is 16.3. The van der Waals surface area contributed by atoms with Crippen molar-refractivity contribution in [2.45, 2.75) is 6.42 Å². The van der Waals surface area contributed by atoms with E-state index in [0.717, 1.165) is 0 Å². The smallest absolute Gasteiger partial charge is 0.112 e. The summed E-state index contributed by atoms with van der Waals surface area (Å²) in [5, 5.41) is 15.7. The van der Waals surface area contributed by atoms with Gasteiger partial charge in [-0.3, -0.25) is 0 Å². The highest BCUT2D eigenvalue weighted by Gasteiger charge is 1.95. The van der Waals surface area contributed by atoms with Crippen LogP contribution in [-0.2, 0) is 0 Å². The summed E-state index contributed by atoms with van der Waals surface area (Å²) in [4.78, 5) is 0. The van der Waals surface area contributed by atoms with E-state index in [1.807, 2.05) is 0 Å². The Morgan fingerprint density at radius 2 is 2.25 bits per heavy atom. The van der Waals surface area contributed by atoms with Gasteiger partial charge < -0.3 is 10.5 Å². The standard InChI is InChI=1S/C6H7NO/c7-5-1-3-6(8)4-2-5/h1,3-4,7-8H,2H2. The zero-order valence-corrected chi connectivity index (χ0v) is 4.39. The Hall–Kier alpha value is -1.05. The van der Waals surface area contributed by atoms with Crippen molar-refractivity contribution in [3.63, 3.8) is 0 Å². The lowest BCUT2D eigenvalue weighted by atomic mass is 10.1. The third-order valence-corrected chi connectivity index (χ3v) is 0.986. The van der Waals surface area contributed by atoms with Gasteiger partial charge in [-0.2, -0.15) is 0 Å². The second-order valence-corrected chi connectivity index (χ2v) is 1.69. The molecule has 2 N–H and O–H groups in total. The average molecular weight is 109 g/mol. The van der Waals surface area contributed by atoms with Crippen molar-refractivity contribution in [3.8, 4) is 0 Å². The van der Waals surface area contributed by atoms with Crippen LogP contribution in [0.2, 0.25) is 0 Å². The number of rotatable bonds is 0. The van der Waals surface area contributed by atoms with Crippen molar-refractivity contribution in [2.24, 2.45) is 0 Å². The predicted octanol–water partition coefficient (Wildman–Crippen LogP) is 1.41. The molecule has 0 aromatic rings. The number of allylic oxidation sites excluding steroid dienone is 3. The molecule has 2 heteroatoms. The van der Waals surface area contributed by atoms with E-state index in [2.05, 4.69) is 0 Å². The maximum atomic E-state index is 8.70. The van der Waals surface area contributed by atoms with Crippen molar-refractivity contribution in [2.75, 3.05) is 0 Å². The Kier molecular flexibility index (Phi) is 1.16. The molecule has 8 heavy (non-hydrogen) atoms. The second kappa shape index (κ2) is 1.82. The van der Waals surface area contributed by atoms with E-state index >= 15 is 0 Å². The van der Waals surface area contributed by atoms with Gasteiger partial charge in [-0.1, -0.05) is 0 Å². The molecule has 0 saturated heterocycles. The fourth-order valence-electron chi connectivity index (χ4n) is 0.537. The van der Waals surface area contributed by atoms with E-state index in [-0.39, 0.29) is 5.76 Å². The molecule has 0 aromatic heterocycles. The first-order valence-corrected chi connectivity index (χ1v) is 2.43. The van der Waals surface area contributed by atoms with Gasteiger partial charge >= 0.3 is 0 Å². The minimum atomic E-state index is 0.265. The van der Waals surface area contributed by atoms with Gasteiger partial charge in [0.1, 0.15) is 5.76 Å². The zero-order valence-electron chi connectivity index (χ0n) is 4.39. The van der Waals surface area contributed by atoms with Crippen LogP contribution in [0.5, 0.6) is 0 Å². The van der Waals surface area contributed by atoms with Crippen molar-refractivity contribution >= 4 is 5.71 Å². The summed E-state index contributed by atoms with van der Waals surface area (Å²) in [7, 11) is 0. The number of hydrogen-bond acceptors (Lipinski definition) is 2. The number of aliphatic hydroxyl groups excluding tert-OH is 1. The summed E-state index contributed by atoms with van der Waals surface area (Å²) < 4.78 is 0. The molecule has 0 atom stereocenters. The molecule has 0 unspecified atom stereocenters. The van der Waals surface area contributed by atoms with Gasteiger partial charge in [0.15, 0.2) is 0 Å². The van der Waals surface area contributed by atoms with Crippen LogP contribution >= 0.6 is 0 Å². The normalized spacial score (nSPS) is 18.5. The van der Waals surface area contributed by atoms with E-state index in [1.54, 1.807) is 12.2 Å². The maximum absolute atomic E-state index is 8.70. The lowest BCUT2D eigenvalue weighted by molar-refractivity contribution is 0.430. The summed E-state index contributed by atoms with van der Waals surface area (Å²) in [6, 6.07) is 0. The van der Waals surface area contributed by atoms with Crippen LogP contribution in [-0.4, -0.2) is 10.8 Å². The van der Waals surface area contributed by atoms with Gasteiger partial charge in [0, 0.05) is 12.1 Å². The van der Waals surface area contributed by atoms with Crippen LogP contribution in [0.1, 0.15) is 6.42 Å². The average Bonchev–Trinajstić information content (AvgIpc) is 1.77. The first kappa shape index (κ1) is 5.09. The zero-order chi connectivity index (χ0) is 5.98. The Bertz CT molecular complexity index is 165. The van der Waals surface area contributed by atoms with Crippen LogP contribution in [0, 0.1) is 5.41 Å². The number of aliphatic hydroxyl groups is 1. The van der Waals surface area contributed by atoms with Gasteiger partial charge in [-0.05, 0) is 18.2 Å². The molecule has 0 aliphatic heterocycles. The lowest BCUT2D eigenvalue weighted by Gasteiger charge is -1.98. The largest absolute Gasteiger partial charge is 0.508 e. The van der Waals surface area contributed by atoms with Gasteiger partial charge in [0.05, 0.1) is 0 Å². The summed E-state index contributed by atoms with van der Waals surface area (Å²) in [6.07, 6.45) is 5.28.